The third-order valence-corrected chi connectivity index (χ3v) is 7.13. The summed E-state index contributed by atoms with van der Waals surface area (Å²) < 4.78 is 11.3. The van der Waals surface area contributed by atoms with Crippen molar-refractivity contribution in [1.82, 2.24) is 0 Å². The fourth-order valence-electron chi connectivity index (χ4n) is 5.66. The first-order chi connectivity index (χ1) is 12.7. The van der Waals surface area contributed by atoms with Crippen LogP contribution in [-0.2, 0) is 9.59 Å². The molecule has 4 fully saturated rings. The van der Waals surface area contributed by atoms with Crippen LogP contribution >= 0.6 is 0 Å². The number of hydrogen-bond donors (Lipinski definition) is 0. The number of para-hydroxylation sites is 2. The Hall–Kier alpha value is -1.84. The summed E-state index contributed by atoms with van der Waals surface area (Å²) in [6.45, 7) is 0. The lowest BCUT2D eigenvalue weighted by Gasteiger charge is -2.10. The number of esters is 2. The highest BCUT2D eigenvalue weighted by molar-refractivity contribution is 5.82. The summed E-state index contributed by atoms with van der Waals surface area (Å²) in [7, 11) is 0. The predicted octanol–water partition coefficient (Wildman–Crippen LogP) is 4.37. The SMILES string of the molecule is O=C(Oc1ccccc1OC(=O)C1C2CCCCC21)C1C2CCCCC21. The molecule has 4 aliphatic rings. The molecular weight excluding hydrogens is 328 g/mol. The molecule has 4 atom stereocenters. The van der Waals surface area contributed by atoms with Crippen LogP contribution in [0.1, 0.15) is 51.4 Å². The highest BCUT2D eigenvalue weighted by atomic mass is 16.6. The van der Waals surface area contributed by atoms with E-state index in [-0.39, 0.29) is 23.8 Å². The number of rotatable bonds is 4. The Morgan fingerprint density at radius 1 is 0.654 bits per heavy atom. The van der Waals surface area contributed by atoms with E-state index in [4.69, 9.17) is 9.47 Å². The smallest absolute Gasteiger partial charge is 0.315 e. The monoisotopic (exact) mass is 354 g/mol. The number of carbonyl (C=O) groups is 2. The quantitative estimate of drug-likeness (QED) is 0.595. The van der Waals surface area contributed by atoms with Gasteiger partial charge in [-0.1, -0.05) is 37.8 Å². The van der Waals surface area contributed by atoms with Crippen LogP contribution in [0.4, 0.5) is 0 Å². The average Bonchev–Trinajstić information content (AvgIpc) is 3.55. The molecule has 4 aliphatic carbocycles. The summed E-state index contributed by atoms with van der Waals surface area (Å²) in [5, 5.41) is 0. The second kappa shape index (κ2) is 6.40. The van der Waals surface area contributed by atoms with E-state index in [0.717, 1.165) is 25.7 Å². The van der Waals surface area contributed by atoms with Crippen molar-refractivity contribution in [2.24, 2.45) is 35.5 Å². The van der Waals surface area contributed by atoms with Gasteiger partial charge in [0.15, 0.2) is 11.5 Å². The van der Waals surface area contributed by atoms with E-state index in [0.29, 0.717) is 35.2 Å². The van der Waals surface area contributed by atoms with Crippen molar-refractivity contribution >= 4 is 11.9 Å². The number of fused-ring (bicyclic) bond motifs is 2. The van der Waals surface area contributed by atoms with E-state index in [1.807, 2.05) is 12.1 Å². The van der Waals surface area contributed by atoms with Gasteiger partial charge in [0.05, 0.1) is 11.8 Å². The first-order valence-corrected chi connectivity index (χ1v) is 10.3. The van der Waals surface area contributed by atoms with Crippen LogP contribution in [-0.4, -0.2) is 11.9 Å². The molecule has 26 heavy (non-hydrogen) atoms. The zero-order valence-corrected chi connectivity index (χ0v) is 15.1. The molecular formula is C22H26O4. The van der Waals surface area contributed by atoms with Gasteiger partial charge in [-0.3, -0.25) is 9.59 Å². The first-order valence-electron chi connectivity index (χ1n) is 10.3. The molecule has 138 valence electrons. The lowest BCUT2D eigenvalue weighted by atomic mass is 10.0. The van der Waals surface area contributed by atoms with Crippen LogP contribution in [0.15, 0.2) is 24.3 Å². The van der Waals surface area contributed by atoms with Crippen LogP contribution in [0.5, 0.6) is 11.5 Å². The maximum Gasteiger partial charge on any atom is 0.315 e. The van der Waals surface area contributed by atoms with E-state index >= 15 is 0 Å². The lowest BCUT2D eigenvalue weighted by Crippen LogP contribution is -2.16. The van der Waals surface area contributed by atoms with E-state index in [2.05, 4.69) is 0 Å². The van der Waals surface area contributed by atoms with Crippen molar-refractivity contribution in [3.8, 4) is 11.5 Å². The van der Waals surface area contributed by atoms with E-state index in [1.165, 1.54) is 25.7 Å². The van der Waals surface area contributed by atoms with Crippen molar-refractivity contribution < 1.29 is 19.1 Å². The van der Waals surface area contributed by atoms with E-state index < -0.39 is 0 Å². The summed E-state index contributed by atoms with van der Waals surface area (Å²) in [5.74, 6) is 2.63. The standard InChI is InChI=1S/C22H26O4/c23-21(19-13-7-1-2-8-14(13)19)25-17-11-5-6-12-18(17)26-22(24)20-15-9-3-4-10-16(15)20/h5-6,11-16,19-20H,1-4,7-10H2. The molecule has 0 amide bonds. The van der Waals surface area contributed by atoms with Crippen LogP contribution < -0.4 is 9.47 Å². The summed E-state index contributed by atoms with van der Waals surface area (Å²) in [5.41, 5.74) is 0. The van der Waals surface area contributed by atoms with Crippen LogP contribution in [0, 0.1) is 35.5 Å². The van der Waals surface area contributed by atoms with E-state index in [1.54, 1.807) is 12.1 Å². The third kappa shape index (κ3) is 2.83. The minimum atomic E-state index is -0.148. The fraction of sp³-hybridized carbons (Fsp3) is 0.636. The molecule has 0 radical (unpaired) electrons. The molecule has 4 saturated carbocycles. The van der Waals surface area contributed by atoms with Crippen LogP contribution in [0.3, 0.4) is 0 Å². The molecule has 1 aromatic carbocycles. The summed E-state index contributed by atoms with van der Waals surface area (Å²) in [6.07, 6.45) is 9.48. The Morgan fingerprint density at radius 2 is 1.00 bits per heavy atom. The molecule has 0 aliphatic heterocycles. The second-order valence-electron chi connectivity index (χ2n) is 8.56. The maximum absolute atomic E-state index is 12.6. The molecule has 0 spiro atoms. The van der Waals surface area contributed by atoms with E-state index in [9.17, 15) is 9.59 Å². The normalized spacial score (nSPS) is 37.1. The zero-order chi connectivity index (χ0) is 17.7. The Morgan fingerprint density at radius 3 is 1.35 bits per heavy atom. The van der Waals surface area contributed by atoms with Gasteiger partial charge in [-0.05, 0) is 61.5 Å². The molecule has 5 rings (SSSR count). The number of benzene rings is 1. The Kier molecular flexibility index (Phi) is 4.02. The number of carbonyl (C=O) groups excluding carboxylic acids is 2. The van der Waals surface area contributed by atoms with Crippen molar-refractivity contribution in [2.75, 3.05) is 0 Å². The van der Waals surface area contributed by atoms with Gasteiger partial charge in [0.1, 0.15) is 0 Å². The van der Waals surface area contributed by atoms with Gasteiger partial charge < -0.3 is 9.47 Å². The Bertz CT molecular complexity index is 642. The first kappa shape index (κ1) is 16.3. The summed E-state index contributed by atoms with van der Waals surface area (Å²) in [4.78, 5) is 25.1. The molecule has 4 nitrogen and oxygen atoms in total. The lowest BCUT2D eigenvalue weighted by molar-refractivity contribution is -0.139. The molecule has 4 unspecified atom stereocenters. The molecule has 4 heteroatoms. The number of ether oxygens (including phenoxy) is 2. The maximum atomic E-state index is 12.6. The molecule has 0 aromatic heterocycles. The highest BCUT2D eigenvalue weighted by Crippen LogP contribution is 2.57. The molecule has 1 aromatic rings. The number of hydrogen-bond acceptors (Lipinski definition) is 4. The topological polar surface area (TPSA) is 52.6 Å². The minimum Gasteiger partial charge on any atom is -0.422 e. The van der Waals surface area contributed by atoms with Crippen LogP contribution in [0.25, 0.3) is 0 Å². The van der Waals surface area contributed by atoms with Crippen molar-refractivity contribution in [3.63, 3.8) is 0 Å². The summed E-state index contributed by atoms with van der Waals surface area (Å²) >= 11 is 0. The van der Waals surface area contributed by atoms with Gasteiger partial charge in [-0.2, -0.15) is 0 Å². The second-order valence-corrected chi connectivity index (χ2v) is 8.56. The predicted molar refractivity (Wildman–Crippen MR) is 95.6 cm³/mol. The third-order valence-electron chi connectivity index (χ3n) is 7.13. The van der Waals surface area contributed by atoms with Gasteiger partial charge in [0, 0.05) is 0 Å². The summed E-state index contributed by atoms with van der Waals surface area (Å²) in [6, 6.07) is 7.09. The molecule has 0 N–H and O–H groups in total. The van der Waals surface area contributed by atoms with Gasteiger partial charge >= 0.3 is 11.9 Å². The fourth-order valence-corrected chi connectivity index (χ4v) is 5.66. The Labute approximate surface area is 154 Å². The molecule has 0 heterocycles. The minimum absolute atomic E-state index is 0.0487. The largest absolute Gasteiger partial charge is 0.422 e. The average molecular weight is 354 g/mol. The molecule has 0 saturated heterocycles. The van der Waals surface area contributed by atoms with Gasteiger partial charge in [0.2, 0.25) is 0 Å². The molecule has 0 bridgehead atoms. The van der Waals surface area contributed by atoms with Crippen molar-refractivity contribution in [1.29, 1.82) is 0 Å². The zero-order valence-electron chi connectivity index (χ0n) is 15.1. The van der Waals surface area contributed by atoms with Crippen molar-refractivity contribution in [3.05, 3.63) is 24.3 Å². The van der Waals surface area contributed by atoms with Gasteiger partial charge in [-0.15, -0.1) is 0 Å². The Balaban J connectivity index is 1.24. The van der Waals surface area contributed by atoms with Crippen molar-refractivity contribution in [2.45, 2.75) is 51.4 Å². The highest BCUT2D eigenvalue weighted by Gasteiger charge is 2.57. The van der Waals surface area contributed by atoms with Crippen LogP contribution in [0.2, 0.25) is 0 Å². The van der Waals surface area contributed by atoms with Gasteiger partial charge in [-0.25, -0.2) is 0 Å². The van der Waals surface area contributed by atoms with Gasteiger partial charge in [0.25, 0.3) is 0 Å².